The van der Waals surface area contributed by atoms with E-state index in [9.17, 15) is 9.90 Å². The first kappa shape index (κ1) is 20.3. The summed E-state index contributed by atoms with van der Waals surface area (Å²) in [7, 11) is 0. The van der Waals surface area contributed by atoms with Crippen molar-refractivity contribution < 1.29 is 14.6 Å². The molecule has 0 spiro atoms. The molecule has 1 N–H and O–H groups in total. The summed E-state index contributed by atoms with van der Waals surface area (Å²) in [6.07, 6.45) is 1.68. The molecule has 0 aliphatic rings. The molecule has 150 valence electrons. The molecule has 0 fully saturated rings. The molecule has 1 aromatic heterocycles. The highest BCUT2D eigenvalue weighted by Crippen LogP contribution is 2.38. The molecule has 0 aliphatic heterocycles. The smallest absolute Gasteiger partial charge is 0.302 e. The topological polar surface area (TPSA) is 76.2 Å². The zero-order chi connectivity index (χ0) is 21.0. The number of aromatic nitrogens is 1. The molecule has 29 heavy (non-hydrogen) atoms. The number of allylic oxidation sites excluding steroid dienone is 1. The van der Waals surface area contributed by atoms with E-state index in [-0.39, 0.29) is 23.6 Å². The van der Waals surface area contributed by atoms with Crippen molar-refractivity contribution in [2.24, 2.45) is 10.2 Å². The Hall–Kier alpha value is -3.41. The summed E-state index contributed by atoms with van der Waals surface area (Å²) >= 11 is 0. The van der Waals surface area contributed by atoms with Crippen LogP contribution in [0.1, 0.15) is 26.3 Å². The second-order valence-electron chi connectivity index (χ2n) is 7.75. The van der Waals surface area contributed by atoms with E-state index in [2.05, 4.69) is 37.6 Å². The molecule has 3 aromatic rings. The van der Waals surface area contributed by atoms with Gasteiger partial charge in [0.25, 0.3) is 0 Å². The van der Waals surface area contributed by atoms with Crippen molar-refractivity contribution in [3.63, 3.8) is 0 Å². The largest absolute Gasteiger partial charge is 0.493 e. The fourth-order valence-corrected chi connectivity index (χ4v) is 3.02. The van der Waals surface area contributed by atoms with Gasteiger partial charge in [0.1, 0.15) is 5.75 Å². The Kier molecular flexibility index (Phi) is 5.82. The summed E-state index contributed by atoms with van der Waals surface area (Å²) in [5.41, 5.74) is 2.28. The molecular formula is C23H25N3O3. The van der Waals surface area contributed by atoms with Gasteiger partial charge in [0.05, 0.1) is 5.52 Å². The normalized spacial score (nSPS) is 11.8. The molecule has 0 atom stereocenters. The Morgan fingerprint density at radius 2 is 1.86 bits per heavy atom. The van der Waals surface area contributed by atoms with Gasteiger partial charge in [-0.1, -0.05) is 57.2 Å². The lowest BCUT2D eigenvalue weighted by molar-refractivity contribution is -0.120. The summed E-state index contributed by atoms with van der Waals surface area (Å²) in [6.45, 7) is 10.3. The van der Waals surface area contributed by atoms with Gasteiger partial charge in [-0.25, -0.2) is 0 Å². The zero-order valence-corrected chi connectivity index (χ0v) is 16.9. The average Bonchev–Trinajstić information content (AvgIpc) is 2.96. The van der Waals surface area contributed by atoms with Crippen LogP contribution in [0.2, 0.25) is 0 Å². The van der Waals surface area contributed by atoms with Crippen molar-refractivity contribution in [3.8, 4) is 11.6 Å². The molecule has 0 saturated carbocycles. The van der Waals surface area contributed by atoms with Crippen molar-refractivity contribution in [1.82, 2.24) is 4.57 Å². The van der Waals surface area contributed by atoms with Crippen LogP contribution in [0.3, 0.4) is 0 Å². The third-order valence-corrected chi connectivity index (χ3v) is 4.57. The number of amides is 1. The fourth-order valence-electron chi connectivity index (χ4n) is 3.02. The van der Waals surface area contributed by atoms with Crippen molar-refractivity contribution in [2.75, 3.05) is 6.61 Å². The molecule has 1 heterocycles. The fraction of sp³-hybridized carbons (Fsp3) is 0.261. The molecule has 1 amide bonds. The number of aromatic hydroxyl groups is 1. The van der Waals surface area contributed by atoms with E-state index in [1.54, 1.807) is 10.6 Å². The van der Waals surface area contributed by atoms with Gasteiger partial charge in [-0.3, -0.25) is 4.79 Å². The quantitative estimate of drug-likeness (QED) is 0.444. The molecule has 2 aromatic carbocycles. The van der Waals surface area contributed by atoms with Gasteiger partial charge >= 0.3 is 5.91 Å². The van der Waals surface area contributed by atoms with Crippen molar-refractivity contribution in [2.45, 2.75) is 32.7 Å². The van der Waals surface area contributed by atoms with Gasteiger partial charge < -0.3 is 14.4 Å². The number of fused-ring (bicyclic) bond motifs is 1. The summed E-state index contributed by atoms with van der Waals surface area (Å²) in [4.78, 5) is 12.1. The van der Waals surface area contributed by atoms with Crippen molar-refractivity contribution in [3.05, 3.63) is 66.7 Å². The minimum atomic E-state index is -0.537. The number of rotatable bonds is 6. The monoisotopic (exact) mass is 391 g/mol. The molecule has 0 unspecified atom stereocenters. The summed E-state index contributed by atoms with van der Waals surface area (Å²) in [6, 6.07) is 15.0. The molecule has 6 heteroatoms. The number of azo groups is 1. The summed E-state index contributed by atoms with van der Waals surface area (Å²) < 4.78 is 7.16. The van der Waals surface area contributed by atoms with Crippen LogP contribution in [0.15, 0.2) is 71.4 Å². The van der Waals surface area contributed by atoms with Crippen molar-refractivity contribution >= 4 is 22.5 Å². The van der Waals surface area contributed by atoms with E-state index in [0.29, 0.717) is 17.7 Å². The molecule has 0 saturated heterocycles. The second kappa shape index (κ2) is 8.31. The van der Waals surface area contributed by atoms with Gasteiger partial charge in [0.15, 0.2) is 12.3 Å². The first-order valence-corrected chi connectivity index (χ1v) is 9.40. The number of hydrogen-bond donors (Lipinski definition) is 1. The SMILES string of the molecule is C=CCn1c(O)c(N=NC(=O)COc2ccc(C(C)(C)C)cc2)c2ccccc21. The minimum absolute atomic E-state index is 0.0509. The second-order valence-corrected chi connectivity index (χ2v) is 7.75. The lowest BCUT2D eigenvalue weighted by atomic mass is 9.87. The number of carbonyl (C=O) groups is 1. The molecule has 0 radical (unpaired) electrons. The van der Waals surface area contributed by atoms with Crippen LogP contribution in [-0.2, 0) is 16.8 Å². The van der Waals surface area contributed by atoms with E-state index in [1.807, 2.05) is 48.5 Å². The van der Waals surface area contributed by atoms with Gasteiger partial charge in [-0.2, -0.15) is 0 Å². The maximum atomic E-state index is 12.1. The van der Waals surface area contributed by atoms with E-state index >= 15 is 0 Å². The highest BCUT2D eigenvalue weighted by molar-refractivity contribution is 5.95. The Labute approximate surface area is 170 Å². The maximum absolute atomic E-state index is 12.1. The number of carbonyl (C=O) groups excluding carboxylic acids is 1. The van der Waals surface area contributed by atoms with Crippen LogP contribution in [0.4, 0.5) is 5.69 Å². The lowest BCUT2D eigenvalue weighted by Crippen LogP contribution is -2.11. The van der Waals surface area contributed by atoms with Crippen LogP contribution >= 0.6 is 0 Å². The maximum Gasteiger partial charge on any atom is 0.302 e. The summed E-state index contributed by atoms with van der Waals surface area (Å²) in [5.74, 6) is -0.00169. The highest BCUT2D eigenvalue weighted by Gasteiger charge is 2.16. The van der Waals surface area contributed by atoms with Crippen LogP contribution < -0.4 is 4.74 Å². The first-order chi connectivity index (χ1) is 13.8. The Balaban J connectivity index is 1.71. The predicted octanol–water partition coefficient (Wildman–Crippen LogP) is 5.52. The van der Waals surface area contributed by atoms with Gasteiger partial charge in [-0.15, -0.1) is 16.8 Å². The van der Waals surface area contributed by atoms with Crippen LogP contribution in [-0.4, -0.2) is 22.2 Å². The third-order valence-electron chi connectivity index (χ3n) is 4.57. The van der Waals surface area contributed by atoms with Crippen LogP contribution in [0, 0.1) is 0 Å². The molecule has 6 nitrogen and oxygen atoms in total. The minimum Gasteiger partial charge on any atom is -0.493 e. The number of benzene rings is 2. The average molecular weight is 391 g/mol. The van der Waals surface area contributed by atoms with Crippen LogP contribution in [0.5, 0.6) is 11.6 Å². The van der Waals surface area contributed by atoms with Crippen molar-refractivity contribution in [1.29, 1.82) is 0 Å². The zero-order valence-electron chi connectivity index (χ0n) is 16.9. The number of para-hydroxylation sites is 1. The first-order valence-electron chi connectivity index (χ1n) is 9.40. The Morgan fingerprint density at radius 3 is 2.52 bits per heavy atom. The Bertz CT molecular complexity index is 1060. The van der Waals surface area contributed by atoms with Crippen LogP contribution in [0.25, 0.3) is 10.9 Å². The molecule has 0 bridgehead atoms. The number of ether oxygens (including phenoxy) is 1. The predicted molar refractivity (Wildman–Crippen MR) is 114 cm³/mol. The van der Waals surface area contributed by atoms with E-state index < -0.39 is 5.91 Å². The third kappa shape index (κ3) is 4.54. The van der Waals surface area contributed by atoms with Gasteiger partial charge in [0.2, 0.25) is 5.88 Å². The summed E-state index contributed by atoms with van der Waals surface area (Å²) in [5, 5.41) is 18.9. The van der Waals surface area contributed by atoms with Gasteiger partial charge in [0, 0.05) is 11.9 Å². The number of hydrogen-bond acceptors (Lipinski definition) is 4. The van der Waals surface area contributed by atoms with E-state index in [4.69, 9.17) is 4.74 Å². The number of nitrogens with zero attached hydrogens (tertiary/aromatic N) is 3. The van der Waals surface area contributed by atoms with E-state index in [0.717, 1.165) is 5.52 Å². The van der Waals surface area contributed by atoms with E-state index in [1.165, 1.54) is 5.56 Å². The lowest BCUT2D eigenvalue weighted by Gasteiger charge is -2.19. The van der Waals surface area contributed by atoms with Gasteiger partial charge in [-0.05, 0) is 29.2 Å². The molecule has 0 aliphatic carbocycles. The molecular weight excluding hydrogens is 366 g/mol. The standard InChI is InChI=1S/C23H25N3O3/c1-5-14-26-19-9-7-6-8-18(19)21(22(26)28)25-24-20(27)15-29-17-12-10-16(11-13-17)23(2,3)4/h5-13,28H,1,14-15H2,2-4H3. The molecule has 3 rings (SSSR count). The Morgan fingerprint density at radius 1 is 1.17 bits per heavy atom. The highest BCUT2D eigenvalue weighted by atomic mass is 16.5.